The van der Waals surface area contributed by atoms with Crippen LogP contribution in [0.4, 0.5) is 0 Å². The number of aliphatic hydroxyl groups is 1. The molecule has 3 aromatic carbocycles. The van der Waals surface area contributed by atoms with Gasteiger partial charge >= 0.3 is 0 Å². The maximum absolute atomic E-state index is 13.4. The highest BCUT2D eigenvalue weighted by atomic mass is 16.5. The lowest BCUT2D eigenvalue weighted by Crippen LogP contribution is -2.57. The van der Waals surface area contributed by atoms with Crippen molar-refractivity contribution in [2.24, 2.45) is 11.7 Å². The third-order valence-electron chi connectivity index (χ3n) is 9.34. The maximum Gasteiger partial charge on any atom is 0.239 e. The smallest absolute Gasteiger partial charge is 0.239 e. The number of benzene rings is 3. The Balaban J connectivity index is 1.40. The lowest BCUT2D eigenvalue weighted by Gasteiger charge is -2.43. The van der Waals surface area contributed by atoms with E-state index in [1.807, 2.05) is 80.6 Å². The van der Waals surface area contributed by atoms with Gasteiger partial charge in [0.2, 0.25) is 5.91 Å². The number of para-hydroxylation sites is 1. The molecule has 0 unspecified atom stereocenters. The first kappa shape index (κ1) is 39.9. The summed E-state index contributed by atoms with van der Waals surface area (Å²) in [5.74, 6) is 2.23. The van der Waals surface area contributed by atoms with Crippen molar-refractivity contribution in [2.75, 3.05) is 60.8 Å². The van der Waals surface area contributed by atoms with E-state index in [1.54, 1.807) is 26.2 Å². The zero-order valence-corrected chi connectivity index (χ0v) is 30.8. The largest absolute Gasteiger partial charge is 0.496 e. The third-order valence-corrected chi connectivity index (χ3v) is 9.34. The van der Waals surface area contributed by atoms with Gasteiger partial charge in [-0.25, -0.2) is 0 Å². The fourth-order valence-corrected chi connectivity index (χ4v) is 6.13. The summed E-state index contributed by atoms with van der Waals surface area (Å²) in [5, 5.41) is 11.5. The lowest BCUT2D eigenvalue weighted by atomic mass is 9.84. The van der Waals surface area contributed by atoms with Crippen LogP contribution in [0.2, 0.25) is 0 Å². The van der Waals surface area contributed by atoms with Crippen LogP contribution < -0.4 is 24.7 Å². The van der Waals surface area contributed by atoms with E-state index in [1.165, 1.54) is 0 Å². The lowest BCUT2D eigenvalue weighted by molar-refractivity contribution is -0.144. The van der Waals surface area contributed by atoms with Crippen molar-refractivity contribution in [3.63, 3.8) is 0 Å². The zero-order chi connectivity index (χ0) is 36.6. The van der Waals surface area contributed by atoms with Crippen molar-refractivity contribution < 1.29 is 43.1 Å². The molecule has 1 saturated heterocycles. The fraction of sp³-hybridized carbons (Fsp3) is 0.525. The Morgan fingerprint density at radius 2 is 1.59 bits per heavy atom. The Bertz CT molecular complexity index is 1470. The molecule has 1 aliphatic rings. The predicted molar refractivity (Wildman–Crippen MR) is 196 cm³/mol. The zero-order valence-electron chi connectivity index (χ0n) is 30.8. The van der Waals surface area contributed by atoms with Gasteiger partial charge in [0.1, 0.15) is 11.5 Å². The van der Waals surface area contributed by atoms with E-state index in [9.17, 15) is 9.90 Å². The Kier molecular flexibility index (Phi) is 16.3. The third kappa shape index (κ3) is 11.6. The van der Waals surface area contributed by atoms with Crippen molar-refractivity contribution in [3.05, 3.63) is 83.4 Å². The normalized spacial score (nSPS) is 18.6. The van der Waals surface area contributed by atoms with Crippen LogP contribution in [0.1, 0.15) is 55.7 Å². The number of aliphatic hydroxyl groups excluding tert-OH is 1. The van der Waals surface area contributed by atoms with Crippen molar-refractivity contribution in [1.29, 1.82) is 0 Å². The number of β-amino-alcohol motifs (C(OH)–C–C–N with tert-alkyl or cyclic N) is 1. The molecule has 51 heavy (non-hydrogen) atoms. The number of amides is 1. The molecule has 0 aromatic heterocycles. The Hall–Kier alpha value is -3.87. The molecule has 0 bridgehead atoms. The van der Waals surface area contributed by atoms with E-state index in [4.69, 9.17) is 38.9 Å². The number of carbonyl (C=O) groups is 1. The summed E-state index contributed by atoms with van der Waals surface area (Å²) in [6.07, 6.45) is 0.890. The Morgan fingerprint density at radius 3 is 2.31 bits per heavy atom. The summed E-state index contributed by atoms with van der Waals surface area (Å²) < 4.78 is 40.3. The second kappa shape index (κ2) is 20.8. The molecule has 0 spiro atoms. The molecule has 11 heteroatoms. The molecule has 1 fully saturated rings. The fourth-order valence-electron chi connectivity index (χ4n) is 6.13. The molecule has 0 aliphatic carbocycles. The van der Waals surface area contributed by atoms with Gasteiger partial charge in [0, 0.05) is 51.1 Å². The number of nitrogens with two attached hydrogens (primary N) is 1. The number of hydrogen-bond acceptors (Lipinski definition) is 10. The monoisotopic (exact) mass is 708 g/mol. The number of likely N-dealkylation sites (tertiary alicyclic amines) is 1. The number of nitrogens with zero attached hydrogens (tertiary/aromatic N) is 1. The minimum Gasteiger partial charge on any atom is -0.496 e. The summed E-state index contributed by atoms with van der Waals surface area (Å²) in [5.41, 5.74) is 9.13. The molecule has 1 aliphatic heterocycles. The van der Waals surface area contributed by atoms with Crippen molar-refractivity contribution in [3.8, 4) is 23.0 Å². The van der Waals surface area contributed by atoms with Gasteiger partial charge in [0.05, 0.1) is 65.5 Å². The highest BCUT2D eigenvalue weighted by molar-refractivity contribution is 5.82. The van der Waals surface area contributed by atoms with Gasteiger partial charge in [-0.15, -0.1) is 0 Å². The highest BCUT2D eigenvalue weighted by Crippen LogP contribution is 2.34. The quantitative estimate of drug-likeness (QED) is 0.140. The Labute approximate surface area is 302 Å². The molecule has 1 amide bonds. The van der Waals surface area contributed by atoms with Crippen molar-refractivity contribution in [1.82, 2.24) is 4.90 Å². The molecule has 5 atom stereocenters. The molecular weight excluding hydrogens is 652 g/mol. The summed E-state index contributed by atoms with van der Waals surface area (Å²) in [6.45, 7) is 7.29. The van der Waals surface area contributed by atoms with Crippen LogP contribution in [0.25, 0.3) is 0 Å². The molecule has 4 rings (SSSR count). The van der Waals surface area contributed by atoms with Crippen LogP contribution in [0.3, 0.4) is 0 Å². The van der Waals surface area contributed by atoms with Gasteiger partial charge in [0.25, 0.3) is 0 Å². The standard InChI is InChI=1S/C40H56N2O9/c1-6-28(2)39(41)40(44)42-24-33(43)38(37(25-42)51-26-29-13-18-35(47-5)36(23-29)50-22-9-19-45-3)30-14-16-32(17-15-30)49-21-10-20-48-27-31-11-7-8-12-34(31)46-4/h7-8,11-18,23,28,33,37-39,43H,6,9-10,19-22,24-27,41H2,1-5H3/t28-,33+,37-,38-,39-/m0/s1. The Morgan fingerprint density at radius 1 is 0.863 bits per heavy atom. The predicted octanol–water partition coefficient (Wildman–Crippen LogP) is 5.35. The number of methoxy groups -OCH3 is 3. The van der Waals surface area contributed by atoms with Crippen LogP contribution in [0.5, 0.6) is 23.0 Å². The van der Waals surface area contributed by atoms with Crippen LogP contribution in [0.15, 0.2) is 66.7 Å². The first-order chi connectivity index (χ1) is 24.8. The molecule has 3 aromatic rings. The number of carbonyl (C=O) groups excluding carboxylic acids is 1. The van der Waals surface area contributed by atoms with Crippen molar-refractivity contribution in [2.45, 2.75) is 70.5 Å². The second-order valence-corrected chi connectivity index (χ2v) is 12.9. The second-order valence-electron chi connectivity index (χ2n) is 12.9. The molecule has 3 N–H and O–H groups in total. The first-order valence-electron chi connectivity index (χ1n) is 17.8. The summed E-state index contributed by atoms with van der Waals surface area (Å²) in [4.78, 5) is 15.1. The first-order valence-corrected chi connectivity index (χ1v) is 17.8. The molecule has 0 saturated carbocycles. The van der Waals surface area contributed by atoms with E-state index in [0.717, 1.165) is 47.5 Å². The van der Waals surface area contributed by atoms with Crippen LogP contribution in [0, 0.1) is 5.92 Å². The van der Waals surface area contributed by atoms with E-state index in [2.05, 4.69) is 0 Å². The molecule has 0 radical (unpaired) electrons. The van der Waals surface area contributed by atoms with E-state index in [-0.39, 0.29) is 30.9 Å². The average Bonchev–Trinajstić information content (AvgIpc) is 3.16. The number of piperidine rings is 1. The van der Waals surface area contributed by atoms with Gasteiger partial charge in [-0.1, -0.05) is 56.7 Å². The molecule has 280 valence electrons. The molecular formula is C40H56N2O9. The van der Waals surface area contributed by atoms with Gasteiger partial charge in [-0.3, -0.25) is 4.79 Å². The number of rotatable bonds is 21. The summed E-state index contributed by atoms with van der Waals surface area (Å²) >= 11 is 0. The summed E-state index contributed by atoms with van der Waals surface area (Å²) in [6, 6.07) is 20.6. The summed E-state index contributed by atoms with van der Waals surface area (Å²) in [7, 11) is 4.92. The SMILES string of the molecule is CC[C@H](C)[C@H](N)C(=O)N1C[C@@H](O)[C@H](c2ccc(OCCCOCc3ccccc3OC)cc2)[C@@H](OCc2ccc(OC)c(OCCCOC)c2)C1. The minimum atomic E-state index is -0.862. The van der Waals surface area contributed by atoms with Crippen molar-refractivity contribution >= 4 is 5.91 Å². The molecule has 1 heterocycles. The topological polar surface area (TPSA) is 131 Å². The van der Waals surface area contributed by atoms with Crippen LogP contribution in [-0.4, -0.2) is 95.0 Å². The number of ether oxygens (including phenoxy) is 7. The number of hydrogen-bond donors (Lipinski definition) is 2. The van der Waals surface area contributed by atoms with E-state index < -0.39 is 18.2 Å². The van der Waals surface area contributed by atoms with E-state index in [0.29, 0.717) is 51.1 Å². The highest BCUT2D eigenvalue weighted by Gasteiger charge is 2.41. The van der Waals surface area contributed by atoms with Gasteiger partial charge in [0.15, 0.2) is 11.5 Å². The minimum absolute atomic E-state index is 0.0137. The molecule has 11 nitrogen and oxygen atoms in total. The van der Waals surface area contributed by atoms with Crippen LogP contribution >= 0.6 is 0 Å². The average molecular weight is 709 g/mol. The van der Waals surface area contributed by atoms with Crippen LogP contribution in [-0.2, 0) is 32.2 Å². The van der Waals surface area contributed by atoms with Gasteiger partial charge < -0.3 is 48.9 Å². The maximum atomic E-state index is 13.4. The van der Waals surface area contributed by atoms with E-state index >= 15 is 0 Å². The van der Waals surface area contributed by atoms with Gasteiger partial charge in [-0.2, -0.15) is 0 Å². The van der Waals surface area contributed by atoms with Gasteiger partial charge in [-0.05, 0) is 47.4 Å².